The normalized spacial score (nSPS) is 17.1. The maximum atomic E-state index is 13.7. The van der Waals surface area contributed by atoms with Crippen LogP contribution in [0.2, 0.25) is 0 Å². The lowest BCUT2D eigenvalue weighted by Crippen LogP contribution is -2.58. The molecular formula is C36H52N4O9. The third-order valence-electron chi connectivity index (χ3n) is 8.94. The van der Waals surface area contributed by atoms with Crippen LogP contribution in [-0.4, -0.2) is 77.7 Å². The zero-order valence-corrected chi connectivity index (χ0v) is 28.8. The number of ether oxygens (including phenoxy) is 1. The van der Waals surface area contributed by atoms with Crippen LogP contribution in [0, 0.1) is 17.8 Å². The molecule has 2 fully saturated rings. The summed E-state index contributed by atoms with van der Waals surface area (Å²) in [6, 6.07) is 5.14. The summed E-state index contributed by atoms with van der Waals surface area (Å²) >= 11 is 0. The predicted molar refractivity (Wildman–Crippen MR) is 180 cm³/mol. The van der Waals surface area contributed by atoms with Crippen LogP contribution in [-0.2, 0) is 33.5 Å². The van der Waals surface area contributed by atoms with Crippen molar-refractivity contribution >= 4 is 41.4 Å². The second kappa shape index (κ2) is 19.6. The highest BCUT2D eigenvalue weighted by Crippen LogP contribution is 2.34. The lowest BCUT2D eigenvalue weighted by Gasteiger charge is -2.31. The van der Waals surface area contributed by atoms with E-state index in [1.807, 2.05) is 13.8 Å². The number of nitrogens with one attached hydrogen (secondary N) is 4. The molecule has 0 radical (unpaired) electrons. The molecule has 1 aromatic carbocycles. The maximum absolute atomic E-state index is 13.7. The molecule has 5 N–H and O–H groups in total. The largest absolute Gasteiger partial charge is 0.481 e. The second-order valence-corrected chi connectivity index (χ2v) is 13.7. The maximum Gasteiger partial charge on any atom is 0.407 e. The molecule has 0 aliphatic heterocycles. The topological polar surface area (TPSA) is 197 Å². The van der Waals surface area contributed by atoms with E-state index >= 15 is 0 Å². The standard InChI is InChI=1S/C36H52N4O9/c1-4-11-28(31(42)34(45)37-20-26(41)19-27(35(46)47)24-12-7-5-8-13-24)38-32(43)29(18-23-16-17-23)39-33(44)30(25-14-9-6-10-15-25)40-36(48)49-21-22(2)3/h5,7-8,12-13,22-23,25,27-30H,4,6,9-11,14-21H2,1-3H3,(H,37,45)(H,38,43)(H,39,44)(H,40,48)(H,46,47)/t27?,28?,29-,30-/m0/s1. The van der Waals surface area contributed by atoms with Crippen molar-refractivity contribution in [1.82, 2.24) is 21.3 Å². The highest BCUT2D eigenvalue weighted by Gasteiger charge is 2.37. The fraction of sp³-hybridized carbons (Fsp3) is 0.639. The molecule has 49 heavy (non-hydrogen) atoms. The molecule has 0 heterocycles. The van der Waals surface area contributed by atoms with Crippen molar-refractivity contribution in [2.75, 3.05) is 13.2 Å². The van der Waals surface area contributed by atoms with Crippen LogP contribution < -0.4 is 21.3 Å². The Labute approximate surface area is 288 Å². The summed E-state index contributed by atoms with van der Waals surface area (Å²) in [5.41, 5.74) is 0.441. The first-order valence-corrected chi connectivity index (χ1v) is 17.5. The minimum absolute atomic E-state index is 0.115. The third-order valence-corrected chi connectivity index (χ3v) is 8.94. The first kappa shape index (κ1) is 39.2. The average Bonchev–Trinajstić information content (AvgIpc) is 3.91. The van der Waals surface area contributed by atoms with Crippen LogP contribution >= 0.6 is 0 Å². The molecule has 270 valence electrons. The zero-order valence-electron chi connectivity index (χ0n) is 28.8. The predicted octanol–water partition coefficient (Wildman–Crippen LogP) is 3.40. The van der Waals surface area contributed by atoms with Gasteiger partial charge in [0.15, 0.2) is 5.78 Å². The number of rotatable bonds is 20. The molecule has 13 heteroatoms. The molecule has 4 atom stereocenters. The number of hydrogen-bond acceptors (Lipinski definition) is 8. The summed E-state index contributed by atoms with van der Waals surface area (Å²) in [7, 11) is 0. The van der Waals surface area contributed by atoms with Crippen LogP contribution in [0.15, 0.2) is 30.3 Å². The van der Waals surface area contributed by atoms with Gasteiger partial charge >= 0.3 is 12.1 Å². The van der Waals surface area contributed by atoms with E-state index in [9.17, 15) is 38.7 Å². The average molecular weight is 685 g/mol. The van der Waals surface area contributed by atoms with Crippen molar-refractivity contribution < 1.29 is 43.4 Å². The SMILES string of the molecule is CCCC(NC(=O)[C@H](CC1CC1)NC(=O)[C@@H](NC(=O)OCC(C)C)C1CCCCC1)C(=O)C(=O)NCC(=O)CC(C(=O)O)c1ccccc1. The number of carboxylic acid groups (broad SMARTS) is 1. The van der Waals surface area contributed by atoms with Gasteiger partial charge in [-0.1, -0.05) is 89.6 Å². The van der Waals surface area contributed by atoms with E-state index in [0.717, 1.165) is 44.9 Å². The fourth-order valence-corrected chi connectivity index (χ4v) is 6.04. The van der Waals surface area contributed by atoms with E-state index in [2.05, 4.69) is 21.3 Å². The molecule has 2 aliphatic rings. The summed E-state index contributed by atoms with van der Waals surface area (Å²) in [4.78, 5) is 90.3. The Bertz CT molecular complexity index is 1310. The van der Waals surface area contributed by atoms with Gasteiger partial charge < -0.3 is 31.1 Å². The van der Waals surface area contributed by atoms with E-state index in [-0.39, 0.29) is 37.2 Å². The van der Waals surface area contributed by atoms with Gasteiger partial charge in [-0.25, -0.2) is 4.79 Å². The van der Waals surface area contributed by atoms with Gasteiger partial charge in [0.2, 0.25) is 17.6 Å². The molecule has 13 nitrogen and oxygen atoms in total. The number of ketones is 2. The van der Waals surface area contributed by atoms with Gasteiger partial charge in [0.1, 0.15) is 12.1 Å². The molecule has 0 bridgehead atoms. The van der Waals surface area contributed by atoms with Gasteiger partial charge in [0, 0.05) is 6.42 Å². The summed E-state index contributed by atoms with van der Waals surface area (Å²) in [5.74, 6) is -5.81. The quantitative estimate of drug-likeness (QED) is 0.128. The summed E-state index contributed by atoms with van der Waals surface area (Å²) < 4.78 is 5.28. The monoisotopic (exact) mass is 684 g/mol. The number of alkyl carbamates (subject to hydrolysis) is 1. The van der Waals surface area contributed by atoms with Crippen molar-refractivity contribution in [1.29, 1.82) is 0 Å². The van der Waals surface area contributed by atoms with Crippen molar-refractivity contribution in [2.24, 2.45) is 17.8 Å². The lowest BCUT2D eigenvalue weighted by molar-refractivity contribution is -0.141. The molecule has 0 spiro atoms. The molecule has 1 aromatic rings. The van der Waals surface area contributed by atoms with Gasteiger partial charge in [-0.3, -0.25) is 28.8 Å². The van der Waals surface area contributed by atoms with Crippen molar-refractivity contribution in [3.8, 4) is 0 Å². The fourth-order valence-electron chi connectivity index (χ4n) is 6.04. The highest BCUT2D eigenvalue weighted by molar-refractivity contribution is 6.38. The molecule has 2 aliphatic carbocycles. The lowest BCUT2D eigenvalue weighted by atomic mass is 9.83. The summed E-state index contributed by atoms with van der Waals surface area (Å²) in [6.45, 7) is 5.24. The minimum atomic E-state index is -1.21. The molecule has 2 saturated carbocycles. The first-order chi connectivity index (χ1) is 23.4. The number of carboxylic acids is 1. The van der Waals surface area contributed by atoms with Gasteiger partial charge in [-0.15, -0.1) is 0 Å². The highest BCUT2D eigenvalue weighted by atomic mass is 16.5. The summed E-state index contributed by atoms with van der Waals surface area (Å²) in [6.07, 6.45) is 6.02. The Morgan fingerprint density at radius 2 is 1.51 bits per heavy atom. The summed E-state index contributed by atoms with van der Waals surface area (Å²) in [5, 5.41) is 20.1. The van der Waals surface area contributed by atoms with E-state index in [1.165, 1.54) is 0 Å². The van der Waals surface area contributed by atoms with Crippen LogP contribution in [0.4, 0.5) is 4.79 Å². The molecule has 2 unspecified atom stereocenters. The van der Waals surface area contributed by atoms with Crippen molar-refractivity contribution in [2.45, 2.75) is 115 Å². The number of aliphatic carboxylic acids is 1. The Morgan fingerprint density at radius 3 is 2.10 bits per heavy atom. The molecule has 3 rings (SSSR count). The number of Topliss-reactive ketones (excluding diaryl/α,β-unsaturated/α-hetero) is 2. The van der Waals surface area contributed by atoms with E-state index < -0.39 is 71.9 Å². The van der Waals surface area contributed by atoms with Crippen LogP contribution in [0.1, 0.15) is 103 Å². The van der Waals surface area contributed by atoms with E-state index in [4.69, 9.17) is 4.74 Å². The number of carbonyl (C=O) groups is 7. The smallest absolute Gasteiger partial charge is 0.407 e. The van der Waals surface area contributed by atoms with E-state index in [0.29, 0.717) is 18.4 Å². The number of benzene rings is 1. The van der Waals surface area contributed by atoms with Crippen molar-refractivity contribution in [3.05, 3.63) is 35.9 Å². The minimum Gasteiger partial charge on any atom is -0.481 e. The molecule has 0 aromatic heterocycles. The van der Waals surface area contributed by atoms with Crippen LogP contribution in [0.25, 0.3) is 0 Å². The van der Waals surface area contributed by atoms with Gasteiger partial charge in [0.05, 0.1) is 25.1 Å². The number of carbonyl (C=O) groups excluding carboxylic acids is 6. The Morgan fingerprint density at radius 1 is 0.857 bits per heavy atom. The van der Waals surface area contributed by atoms with Crippen LogP contribution in [0.5, 0.6) is 0 Å². The Hall–Kier alpha value is -4.29. The van der Waals surface area contributed by atoms with E-state index in [1.54, 1.807) is 37.3 Å². The molecule has 0 saturated heterocycles. The second-order valence-electron chi connectivity index (χ2n) is 13.7. The zero-order chi connectivity index (χ0) is 35.9. The third kappa shape index (κ3) is 13.3. The van der Waals surface area contributed by atoms with Gasteiger partial charge in [0.25, 0.3) is 5.91 Å². The van der Waals surface area contributed by atoms with Gasteiger partial charge in [-0.05, 0) is 49.0 Å². The molecule has 4 amide bonds. The number of amides is 4. The van der Waals surface area contributed by atoms with Crippen molar-refractivity contribution in [3.63, 3.8) is 0 Å². The van der Waals surface area contributed by atoms with Gasteiger partial charge in [-0.2, -0.15) is 0 Å². The molecular weight excluding hydrogens is 632 g/mol. The Kier molecular flexibility index (Phi) is 15.7. The first-order valence-electron chi connectivity index (χ1n) is 17.5. The van der Waals surface area contributed by atoms with Crippen LogP contribution in [0.3, 0.4) is 0 Å². The number of hydrogen-bond donors (Lipinski definition) is 5. The Balaban J connectivity index is 1.64.